The monoisotopic (exact) mass is 400 g/mol. The Hall–Kier alpha value is -3.35. The van der Waals surface area contributed by atoms with E-state index in [1.807, 2.05) is 6.92 Å². The van der Waals surface area contributed by atoms with Gasteiger partial charge in [0.05, 0.1) is 28.4 Å². The van der Waals surface area contributed by atoms with Crippen molar-refractivity contribution in [2.45, 2.75) is 13.3 Å². The molecular weight excluding hydrogens is 376 g/mol. The molecule has 29 heavy (non-hydrogen) atoms. The van der Waals surface area contributed by atoms with Crippen LogP contribution in [0.15, 0.2) is 29.8 Å². The Morgan fingerprint density at radius 1 is 0.966 bits per heavy atom. The lowest BCUT2D eigenvalue weighted by atomic mass is 9.92. The number of esters is 1. The molecule has 0 aromatic heterocycles. The van der Waals surface area contributed by atoms with Crippen molar-refractivity contribution < 1.29 is 33.6 Å². The molecule has 2 heterocycles. The number of hydrogen-bond acceptors (Lipinski definition) is 7. The molecular formula is C22H24O7. The first-order valence-corrected chi connectivity index (χ1v) is 9.05. The summed E-state index contributed by atoms with van der Waals surface area (Å²) in [6.45, 7) is 1.92. The first-order valence-electron chi connectivity index (χ1n) is 9.05. The Morgan fingerprint density at radius 2 is 1.59 bits per heavy atom. The molecule has 4 rings (SSSR count). The van der Waals surface area contributed by atoms with E-state index in [4.69, 9.17) is 23.7 Å². The molecule has 2 aliphatic heterocycles. The highest BCUT2D eigenvalue weighted by molar-refractivity contribution is 5.96. The molecule has 2 bridgehead atoms. The SMILES string of the molecule is COc1cc2cc(O)c1OC(=O)/C(=C/c1cc(OC)c(OC)c(OC)c1)[C@@H](C)C2. The minimum absolute atomic E-state index is 0.00569. The van der Waals surface area contributed by atoms with Gasteiger partial charge in [-0.1, -0.05) is 6.92 Å². The van der Waals surface area contributed by atoms with Crippen LogP contribution in [0.2, 0.25) is 0 Å². The molecule has 2 aromatic carbocycles. The molecule has 154 valence electrons. The summed E-state index contributed by atoms with van der Waals surface area (Å²) in [6, 6.07) is 6.86. The maximum Gasteiger partial charge on any atom is 0.339 e. The summed E-state index contributed by atoms with van der Waals surface area (Å²) in [6.07, 6.45) is 2.25. The van der Waals surface area contributed by atoms with Crippen molar-refractivity contribution in [2.75, 3.05) is 28.4 Å². The van der Waals surface area contributed by atoms with Gasteiger partial charge in [-0.15, -0.1) is 0 Å². The largest absolute Gasteiger partial charge is 0.504 e. The van der Waals surface area contributed by atoms with Gasteiger partial charge in [0.15, 0.2) is 23.0 Å². The number of carbonyl (C=O) groups excluding carboxylic acids is 1. The van der Waals surface area contributed by atoms with E-state index in [9.17, 15) is 9.90 Å². The molecule has 2 aliphatic rings. The summed E-state index contributed by atoms with van der Waals surface area (Å²) in [7, 11) is 6.05. The minimum atomic E-state index is -0.563. The number of rotatable bonds is 5. The highest BCUT2D eigenvalue weighted by Crippen LogP contribution is 2.42. The van der Waals surface area contributed by atoms with E-state index in [2.05, 4.69) is 0 Å². The van der Waals surface area contributed by atoms with Crippen LogP contribution in [0.25, 0.3) is 6.08 Å². The molecule has 2 aromatic rings. The maximum atomic E-state index is 12.9. The van der Waals surface area contributed by atoms with Gasteiger partial charge in [0.2, 0.25) is 11.5 Å². The quantitative estimate of drug-likeness (QED) is 0.466. The predicted octanol–water partition coefficient (Wildman–Crippen LogP) is 3.61. The van der Waals surface area contributed by atoms with Crippen LogP contribution in [-0.2, 0) is 11.2 Å². The molecule has 0 unspecified atom stereocenters. The molecule has 7 heteroatoms. The van der Waals surface area contributed by atoms with Crippen LogP contribution in [0.3, 0.4) is 0 Å². The molecule has 0 fully saturated rings. The number of methoxy groups -OCH3 is 4. The van der Waals surface area contributed by atoms with Crippen LogP contribution in [0.1, 0.15) is 18.1 Å². The first kappa shape index (κ1) is 20.4. The van der Waals surface area contributed by atoms with Crippen molar-refractivity contribution in [1.29, 1.82) is 0 Å². The number of phenols is 1. The van der Waals surface area contributed by atoms with Crippen molar-refractivity contribution in [2.24, 2.45) is 5.92 Å². The van der Waals surface area contributed by atoms with E-state index in [-0.39, 0.29) is 17.4 Å². The summed E-state index contributed by atoms with van der Waals surface area (Å²) in [5.74, 6) is 0.882. The topological polar surface area (TPSA) is 83.5 Å². The van der Waals surface area contributed by atoms with Gasteiger partial charge in [-0.3, -0.25) is 0 Å². The van der Waals surface area contributed by atoms with Crippen LogP contribution < -0.4 is 23.7 Å². The van der Waals surface area contributed by atoms with E-state index in [1.165, 1.54) is 28.4 Å². The van der Waals surface area contributed by atoms with Crippen molar-refractivity contribution in [3.8, 4) is 34.5 Å². The molecule has 1 N–H and O–H groups in total. The van der Waals surface area contributed by atoms with Crippen LogP contribution in [0.4, 0.5) is 0 Å². The van der Waals surface area contributed by atoms with E-state index < -0.39 is 5.97 Å². The van der Waals surface area contributed by atoms with E-state index in [1.54, 1.807) is 30.3 Å². The fourth-order valence-electron chi connectivity index (χ4n) is 3.40. The third-order valence-corrected chi connectivity index (χ3v) is 4.83. The highest BCUT2D eigenvalue weighted by atomic mass is 16.6. The second kappa shape index (κ2) is 8.34. The van der Waals surface area contributed by atoms with Gasteiger partial charge >= 0.3 is 5.97 Å². The van der Waals surface area contributed by atoms with Gasteiger partial charge in [-0.05, 0) is 53.8 Å². The Kier molecular flexibility index (Phi) is 5.87. The number of benzene rings is 2. The summed E-state index contributed by atoms with van der Waals surface area (Å²) in [5, 5.41) is 10.2. The Bertz CT molecular complexity index is 937. The molecule has 1 atom stereocenters. The van der Waals surface area contributed by atoms with Gasteiger partial charge in [-0.2, -0.15) is 0 Å². The summed E-state index contributed by atoms with van der Waals surface area (Å²) in [5.41, 5.74) is 1.98. The van der Waals surface area contributed by atoms with Crippen molar-refractivity contribution >= 4 is 12.0 Å². The summed E-state index contributed by atoms with van der Waals surface area (Å²) >= 11 is 0. The van der Waals surface area contributed by atoms with Gasteiger partial charge in [0.1, 0.15) is 0 Å². The molecule has 0 saturated heterocycles. The third-order valence-electron chi connectivity index (χ3n) is 4.83. The second-order valence-electron chi connectivity index (χ2n) is 6.70. The van der Waals surface area contributed by atoms with E-state index in [0.717, 1.165) is 5.56 Å². The van der Waals surface area contributed by atoms with Crippen LogP contribution >= 0.6 is 0 Å². The standard InChI is InChI=1S/C22H24O7/c1-12-6-13-8-16(23)20(17(9-13)25-2)29-22(24)15(12)7-14-10-18(26-3)21(28-5)19(11-14)27-4/h7-12,23H,6H2,1-5H3/b15-7+/t12-/m0/s1. The molecule has 7 nitrogen and oxygen atoms in total. The number of hydrogen-bond donors (Lipinski definition) is 1. The average Bonchev–Trinajstić information content (AvgIpc) is 2.78. The van der Waals surface area contributed by atoms with Crippen LogP contribution in [0, 0.1) is 5.92 Å². The zero-order chi connectivity index (χ0) is 21.1. The molecule has 0 aliphatic carbocycles. The highest BCUT2D eigenvalue weighted by Gasteiger charge is 2.27. The number of fused-ring (bicyclic) bond motifs is 6. The summed E-state index contributed by atoms with van der Waals surface area (Å²) < 4.78 is 26.9. The number of aromatic hydroxyl groups is 1. The van der Waals surface area contributed by atoms with Crippen LogP contribution in [-0.4, -0.2) is 39.5 Å². The Morgan fingerprint density at radius 3 is 2.14 bits per heavy atom. The van der Waals surface area contributed by atoms with Crippen LogP contribution in [0.5, 0.6) is 34.5 Å². The second-order valence-corrected chi connectivity index (χ2v) is 6.70. The third kappa shape index (κ3) is 3.94. The fraction of sp³-hybridized carbons (Fsp3) is 0.318. The zero-order valence-electron chi connectivity index (χ0n) is 17.1. The first-order chi connectivity index (χ1) is 13.9. The molecule has 0 spiro atoms. The average molecular weight is 400 g/mol. The zero-order valence-corrected chi connectivity index (χ0v) is 17.1. The maximum absolute atomic E-state index is 12.9. The normalized spacial score (nSPS) is 17.2. The smallest absolute Gasteiger partial charge is 0.339 e. The lowest BCUT2D eigenvalue weighted by Gasteiger charge is -2.15. The number of phenolic OH excluding ortho intramolecular Hbond substituents is 1. The van der Waals surface area contributed by atoms with E-state index in [0.29, 0.717) is 40.6 Å². The van der Waals surface area contributed by atoms with Crippen molar-refractivity contribution in [3.63, 3.8) is 0 Å². The Balaban J connectivity index is 2.09. The Labute approximate surface area is 169 Å². The van der Waals surface area contributed by atoms with Crippen molar-refractivity contribution in [1.82, 2.24) is 0 Å². The molecule has 0 radical (unpaired) electrons. The van der Waals surface area contributed by atoms with Gasteiger partial charge in [-0.25, -0.2) is 4.79 Å². The molecule has 0 saturated carbocycles. The lowest BCUT2D eigenvalue weighted by Crippen LogP contribution is -2.17. The van der Waals surface area contributed by atoms with Gasteiger partial charge < -0.3 is 28.8 Å². The fourth-order valence-corrected chi connectivity index (χ4v) is 3.40. The molecule has 0 amide bonds. The number of ether oxygens (including phenoxy) is 5. The minimum Gasteiger partial charge on any atom is -0.504 e. The van der Waals surface area contributed by atoms with E-state index >= 15 is 0 Å². The summed E-state index contributed by atoms with van der Waals surface area (Å²) in [4.78, 5) is 12.9. The van der Waals surface area contributed by atoms with Gasteiger partial charge in [0, 0.05) is 5.57 Å². The lowest BCUT2D eigenvalue weighted by molar-refractivity contribution is -0.130. The van der Waals surface area contributed by atoms with Crippen molar-refractivity contribution in [3.05, 3.63) is 41.0 Å². The predicted molar refractivity (Wildman–Crippen MR) is 107 cm³/mol. The van der Waals surface area contributed by atoms with Gasteiger partial charge in [0.25, 0.3) is 0 Å². The number of carbonyl (C=O) groups is 1.